The number of phenolic OH excluding ortho intramolecular Hbond substituents is 1. The molecule has 5 rings (SSSR count). The Balaban J connectivity index is 0.000000145. The van der Waals surface area contributed by atoms with Crippen molar-refractivity contribution in [3.05, 3.63) is 115 Å². The summed E-state index contributed by atoms with van der Waals surface area (Å²) in [7, 11) is 0. The summed E-state index contributed by atoms with van der Waals surface area (Å²) in [5.74, 6) is 0.304. The molecule has 0 amide bonds. The van der Waals surface area contributed by atoms with Crippen molar-refractivity contribution in [2.45, 2.75) is 0 Å². The highest BCUT2D eigenvalue weighted by Gasteiger charge is 2.02. The van der Waals surface area contributed by atoms with Crippen molar-refractivity contribution in [2.75, 3.05) is 0 Å². The molecule has 1 N–H and O–H groups in total. The maximum absolute atomic E-state index is 9.24. The highest BCUT2D eigenvalue weighted by Crippen LogP contribution is 2.29. The zero-order valence-electron chi connectivity index (χ0n) is 16.2. The topological polar surface area (TPSA) is 20.2 Å². The van der Waals surface area contributed by atoms with Crippen molar-refractivity contribution in [1.82, 2.24) is 0 Å². The van der Waals surface area contributed by atoms with E-state index in [9.17, 15) is 5.11 Å². The lowest BCUT2D eigenvalue weighted by Crippen LogP contribution is -1.81. The molecule has 0 spiro atoms. The zero-order chi connectivity index (χ0) is 20.2. The number of rotatable bonds is 2. The van der Waals surface area contributed by atoms with Crippen LogP contribution in [0.15, 0.2) is 104 Å². The summed E-state index contributed by atoms with van der Waals surface area (Å²) in [5.41, 5.74) is 2.30. The van der Waals surface area contributed by atoms with E-state index in [2.05, 4.69) is 67.8 Å². The molecule has 1 heteroatoms. The maximum Gasteiger partial charge on any atom is 0.116 e. The van der Waals surface area contributed by atoms with Gasteiger partial charge in [-0.15, -0.1) is 0 Å². The average molecular weight is 374 g/mol. The smallest absolute Gasteiger partial charge is 0.116 e. The minimum atomic E-state index is 0.304. The molecule has 0 aliphatic carbocycles. The summed E-state index contributed by atoms with van der Waals surface area (Å²) >= 11 is 0. The molecule has 0 saturated heterocycles. The molecule has 0 saturated carbocycles. The minimum Gasteiger partial charge on any atom is -0.508 e. The second-order valence-corrected chi connectivity index (χ2v) is 6.93. The van der Waals surface area contributed by atoms with Gasteiger partial charge in [-0.2, -0.15) is 0 Å². The van der Waals surface area contributed by atoms with Gasteiger partial charge in [-0.05, 0) is 67.7 Å². The van der Waals surface area contributed by atoms with Crippen molar-refractivity contribution < 1.29 is 5.11 Å². The van der Waals surface area contributed by atoms with Gasteiger partial charge in [-0.3, -0.25) is 0 Å². The molecule has 0 bridgehead atoms. The molecule has 0 aliphatic heterocycles. The Labute approximate surface area is 170 Å². The highest BCUT2D eigenvalue weighted by atomic mass is 16.3. The summed E-state index contributed by atoms with van der Waals surface area (Å²) in [6.45, 7) is 7.59. The second kappa shape index (κ2) is 8.04. The van der Waals surface area contributed by atoms with Gasteiger partial charge in [0.15, 0.2) is 0 Å². The van der Waals surface area contributed by atoms with E-state index in [0.717, 1.165) is 16.3 Å². The standard InChI is InChI=1S/C16H12.C12H10O/c1-2-12-11-13-7-3-4-9-15(13)16-10-6-5-8-14(12)16;1-2-9-3-4-11-8-12(13)6-5-10(11)7-9/h2-11H,1H2;2-8,13H,1H2. The number of phenols is 1. The van der Waals surface area contributed by atoms with Crippen molar-refractivity contribution >= 4 is 44.5 Å². The fourth-order valence-corrected chi connectivity index (χ4v) is 3.63. The van der Waals surface area contributed by atoms with Crippen LogP contribution in [0.5, 0.6) is 5.75 Å². The molecule has 0 atom stereocenters. The molecule has 0 aliphatic rings. The predicted molar refractivity (Wildman–Crippen MR) is 127 cm³/mol. The number of benzene rings is 5. The van der Waals surface area contributed by atoms with Gasteiger partial charge in [0.05, 0.1) is 0 Å². The molecule has 5 aromatic carbocycles. The summed E-state index contributed by atoms with van der Waals surface area (Å²) < 4.78 is 0. The van der Waals surface area contributed by atoms with E-state index < -0.39 is 0 Å². The predicted octanol–water partition coefficient (Wildman–Crippen LogP) is 7.82. The van der Waals surface area contributed by atoms with Crippen LogP contribution in [0, 0.1) is 0 Å². The lowest BCUT2D eigenvalue weighted by atomic mass is 9.97. The van der Waals surface area contributed by atoms with Gasteiger partial charge in [0.25, 0.3) is 0 Å². The average Bonchev–Trinajstić information content (AvgIpc) is 2.78. The van der Waals surface area contributed by atoms with Crippen LogP contribution in [0.3, 0.4) is 0 Å². The van der Waals surface area contributed by atoms with Gasteiger partial charge >= 0.3 is 0 Å². The van der Waals surface area contributed by atoms with Crippen LogP contribution in [0.2, 0.25) is 0 Å². The van der Waals surface area contributed by atoms with E-state index >= 15 is 0 Å². The van der Waals surface area contributed by atoms with Crippen LogP contribution >= 0.6 is 0 Å². The molecule has 140 valence electrons. The van der Waals surface area contributed by atoms with E-state index in [1.165, 1.54) is 27.1 Å². The van der Waals surface area contributed by atoms with E-state index in [1.807, 2.05) is 36.4 Å². The van der Waals surface area contributed by atoms with Gasteiger partial charge in [0, 0.05) is 0 Å². The third-order valence-corrected chi connectivity index (χ3v) is 5.10. The van der Waals surface area contributed by atoms with Gasteiger partial charge in [-0.1, -0.05) is 92.0 Å². The Morgan fingerprint density at radius 3 is 1.97 bits per heavy atom. The van der Waals surface area contributed by atoms with E-state index in [1.54, 1.807) is 12.1 Å². The number of hydrogen-bond donors (Lipinski definition) is 1. The van der Waals surface area contributed by atoms with Gasteiger partial charge in [-0.25, -0.2) is 0 Å². The first-order valence-corrected chi connectivity index (χ1v) is 9.58. The van der Waals surface area contributed by atoms with Crippen LogP contribution < -0.4 is 0 Å². The maximum atomic E-state index is 9.24. The molecule has 0 radical (unpaired) electrons. The second-order valence-electron chi connectivity index (χ2n) is 6.93. The molecule has 0 unspecified atom stereocenters. The van der Waals surface area contributed by atoms with Crippen LogP contribution in [-0.2, 0) is 0 Å². The van der Waals surface area contributed by atoms with Crippen LogP contribution in [0.25, 0.3) is 44.5 Å². The van der Waals surface area contributed by atoms with Gasteiger partial charge in [0.1, 0.15) is 5.75 Å². The van der Waals surface area contributed by atoms with E-state index in [4.69, 9.17) is 0 Å². The van der Waals surface area contributed by atoms with Gasteiger partial charge < -0.3 is 5.11 Å². The number of aromatic hydroxyl groups is 1. The largest absolute Gasteiger partial charge is 0.508 e. The van der Waals surface area contributed by atoms with E-state index in [-0.39, 0.29) is 0 Å². The Kier molecular flexibility index (Phi) is 5.13. The summed E-state index contributed by atoms with van der Waals surface area (Å²) in [4.78, 5) is 0. The molecule has 0 heterocycles. The third-order valence-electron chi connectivity index (χ3n) is 5.10. The summed E-state index contributed by atoms with van der Waals surface area (Å²) in [6, 6.07) is 30.5. The van der Waals surface area contributed by atoms with Crippen molar-refractivity contribution in [3.63, 3.8) is 0 Å². The molecule has 29 heavy (non-hydrogen) atoms. The SMILES string of the molecule is C=Cc1cc2ccccc2c2ccccc12.C=Cc1ccc2cc(O)ccc2c1. The zero-order valence-corrected chi connectivity index (χ0v) is 16.2. The first-order valence-electron chi connectivity index (χ1n) is 9.58. The van der Waals surface area contributed by atoms with Crippen LogP contribution in [-0.4, -0.2) is 5.11 Å². The van der Waals surface area contributed by atoms with E-state index in [0.29, 0.717) is 5.75 Å². The Morgan fingerprint density at radius 2 is 1.21 bits per heavy atom. The quantitative estimate of drug-likeness (QED) is 0.312. The molecule has 1 nitrogen and oxygen atoms in total. The normalized spacial score (nSPS) is 10.5. The van der Waals surface area contributed by atoms with Crippen molar-refractivity contribution in [2.24, 2.45) is 0 Å². The Morgan fingerprint density at radius 1 is 0.552 bits per heavy atom. The highest BCUT2D eigenvalue weighted by molar-refractivity contribution is 6.10. The lowest BCUT2D eigenvalue weighted by molar-refractivity contribution is 0.476. The van der Waals surface area contributed by atoms with Crippen LogP contribution in [0.1, 0.15) is 11.1 Å². The molecule has 0 aromatic heterocycles. The number of hydrogen-bond acceptors (Lipinski definition) is 1. The first-order chi connectivity index (χ1) is 14.2. The van der Waals surface area contributed by atoms with Crippen LogP contribution in [0.4, 0.5) is 0 Å². The monoisotopic (exact) mass is 374 g/mol. The number of fused-ring (bicyclic) bond motifs is 4. The summed E-state index contributed by atoms with van der Waals surface area (Å²) in [6.07, 6.45) is 3.74. The van der Waals surface area contributed by atoms with Gasteiger partial charge in [0.2, 0.25) is 0 Å². The fourth-order valence-electron chi connectivity index (χ4n) is 3.63. The molecular formula is C28H22O. The van der Waals surface area contributed by atoms with Crippen molar-refractivity contribution in [3.8, 4) is 5.75 Å². The minimum absolute atomic E-state index is 0.304. The van der Waals surface area contributed by atoms with Crippen molar-refractivity contribution in [1.29, 1.82) is 0 Å². The summed E-state index contributed by atoms with van der Waals surface area (Å²) in [5, 5.41) is 16.6. The third kappa shape index (κ3) is 3.76. The molecule has 0 fully saturated rings. The lowest BCUT2D eigenvalue weighted by Gasteiger charge is -2.07. The fraction of sp³-hybridized carbons (Fsp3) is 0. The Bertz CT molecular complexity index is 1340. The Hall–Kier alpha value is -3.84. The molecule has 5 aromatic rings. The first kappa shape index (κ1) is 18.5. The molecular weight excluding hydrogens is 352 g/mol.